The van der Waals surface area contributed by atoms with E-state index in [2.05, 4.69) is 10.6 Å². The molecule has 1 aliphatic carbocycles. The zero-order chi connectivity index (χ0) is 23.7. The molecule has 1 aromatic carbocycles. The van der Waals surface area contributed by atoms with Crippen LogP contribution in [0.5, 0.6) is 0 Å². The predicted molar refractivity (Wildman–Crippen MR) is 126 cm³/mol. The standard InChI is InChI=1S/C26H35N3O5/c30-16-8-7-15-29-22(24(32)28-18-11-5-2-6-12-18)26-14-13-19(34-26)20(21(26)25(29)33)23(31)27-17-9-3-1-4-10-17/h1,3-4,9-10,18-22,30H,2,5-8,11-16H2,(H,27,31)(H,28,32)/t19-,20+,21+,22?,26?/m1/s1. The highest BCUT2D eigenvalue weighted by Gasteiger charge is 2.74. The minimum atomic E-state index is -0.960. The molecule has 3 heterocycles. The van der Waals surface area contributed by atoms with Crippen molar-refractivity contribution in [2.24, 2.45) is 11.8 Å². The van der Waals surface area contributed by atoms with Crippen LogP contribution < -0.4 is 10.6 Å². The first kappa shape index (κ1) is 23.3. The Labute approximate surface area is 200 Å². The van der Waals surface area contributed by atoms with Crippen molar-refractivity contribution in [3.05, 3.63) is 30.3 Å². The van der Waals surface area contributed by atoms with E-state index in [9.17, 15) is 19.5 Å². The summed E-state index contributed by atoms with van der Waals surface area (Å²) in [5, 5.41) is 15.4. The second-order valence-corrected chi connectivity index (χ2v) is 10.2. The molecule has 2 unspecified atom stereocenters. The Kier molecular flexibility index (Phi) is 6.62. The van der Waals surface area contributed by atoms with E-state index in [-0.39, 0.29) is 36.5 Å². The van der Waals surface area contributed by atoms with Gasteiger partial charge in [0.25, 0.3) is 0 Å². The van der Waals surface area contributed by atoms with Crippen LogP contribution in [0.15, 0.2) is 30.3 Å². The molecule has 1 saturated carbocycles. The van der Waals surface area contributed by atoms with Crippen LogP contribution in [0.4, 0.5) is 5.69 Å². The Balaban J connectivity index is 1.41. The highest BCUT2D eigenvalue weighted by molar-refractivity contribution is 6.02. The van der Waals surface area contributed by atoms with E-state index in [1.54, 1.807) is 4.90 Å². The molecule has 184 valence electrons. The molecule has 3 saturated heterocycles. The van der Waals surface area contributed by atoms with Crippen LogP contribution in [-0.4, -0.2) is 64.7 Å². The molecule has 0 aromatic heterocycles. The van der Waals surface area contributed by atoms with Crippen molar-refractivity contribution in [3.8, 4) is 0 Å². The number of amides is 3. The Morgan fingerprint density at radius 2 is 1.82 bits per heavy atom. The number of rotatable bonds is 8. The molecule has 4 fully saturated rings. The number of unbranched alkanes of at least 4 members (excludes halogenated alkanes) is 1. The second-order valence-electron chi connectivity index (χ2n) is 10.2. The molecule has 3 N–H and O–H groups in total. The monoisotopic (exact) mass is 469 g/mol. The van der Waals surface area contributed by atoms with E-state index < -0.39 is 23.5 Å². The maximum atomic E-state index is 13.8. The van der Waals surface area contributed by atoms with Crippen LogP contribution in [0.3, 0.4) is 0 Å². The van der Waals surface area contributed by atoms with Crippen LogP contribution in [0.25, 0.3) is 0 Å². The molecule has 3 amide bonds. The Hall–Kier alpha value is -2.45. The molecule has 34 heavy (non-hydrogen) atoms. The van der Waals surface area contributed by atoms with Crippen molar-refractivity contribution in [1.82, 2.24) is 10.2 Å². The number of likely N-dealkylation sites (tertiary alicyclic amines) is 1. The summed E-state index contributed by atoms with van der Waals surface area (Å²) in [5.74, 6) is -1.83. The molecule has 5 rings (SSSR count). The third kappa shape index (κ3) is 4.01. The second kappa shape index (κ2) is 9.66. The molecule has 1 aromatic rings. The highest BCUT2D eigenvalue weighted by atomic mass is 16.5. The fraction of sp³-hybridized carbons (Fsp3) is 0.654. The fourth-order valence-corrected chi connectivity index (χ4v) is 6.66. The Bertz CT molecular complexity index is 918. The van der Waals surface area contributed by atoms with Gasteiger partial charge >= 0.3 is 0 Å². The topological polar surface area (TPSA) is 108 Å². The SMILES string of the molecule is O=C(NC1CCCCC1)C1N(CCCCO)C(=O)[C@@H]2[C@@H](C(=O)Nc3ccccc3)[C@H]3CCC12O3. The van der Waals surface area contributed by atoms with E-state index >= 15 is 0 Å². The van der Waals surface area contributed by atoms with Gasteiger partial charge in [-0.25, -0.2) is 0 Å². The number of carbonyl (C=O) groups is 3. The maximum Gasteiger partial charge on any atom is 0.246 e. The number of nitrogens with zero attached hydrogens (tertiary/aromatic N) is 1. The van der Waals surface area contributed by atoms with Gasteiger partial charge in [0.2, 0.25) is 17.7 Å². The number of anilines is 1. The summed E-state index contributed by atoms with van der Waals surface area (Å²) < 4.78 is 6.45. The van der Waals surface area contributed by atoms with Gasteiger partial charge in [-0.3, -0.25) is 14.4 Å². The summed E-state index contributed by atoms with van der Waals surface area (Å²) in [6, 6.07) is 8.62. The van der Waals surface area contributed by atoms with E-state index in [1.165, 1.54) is 6.42 Å². The first-order valence-electron chi connectivity index (χ1n) is 12.8. The molecule has 0 radical (unpaired) electrons. The smallest absolute Gasteiger partial charge is 0.246 e. The number of ether oxygens (including phenoxy) is 1. The summed E-state index contributed by atoms with van der Waals surface area (Å²) in [7, 11) is 0. The largest absolute Gasteiger partial charge is 0.396 e. The van der Waals surface area contributed by atoms with Crippen LogP contribution >= 0.6 is 0 Å². The first-order chi connectivity index (χ1) is 16.5. The average molecular weight is 470 g/mol. The maximum absolute atomic E-state index is 13.8. The van der Waals surface area contributed by atoms with Crippen molar-refractivity contribution in [2.75, 3.05) is 18.5 Å². The minimum absolute atomic E-state index is 0.0379. The van der Waals surface area contributed by atoms with Crippen molar-refractivity contribution < 1.29 is 24.2 Å². The number of aliphatic hydroxyl groups is 1. The third-order valence-electron chi connectivity index (χ3n) is 8.15. The lowest BCUT2D eigenvalue weighted by Crippen LogP contribution is -2.57. The molecule has 1 spiro atoms. The zero-order valence-corrected chi connectivity index (χ0v) is 19.6. The third-order valence-corrected chi connectivity index (χ3v) is 8.15. The minimum Gasteiger partial charge on any atom is -0.396 e. The van der Waals surface area contributed by atoms with E-state index in [4.69, 9.17) is 4.74 Å². The lowest BCUT2D eigenvalue weighted by Gasteiger charge is -2.35. The molecule has 8 heteroatoms. The van der Waals surface area contributed by atoms with Crippen LogP contribution in [0, 0.1) is 11.8 Å². The van der Waals surface area contributed by atoms with Gasteiger partial charge in [0.1, 0.15) is 11.6 Å². The molecular formula is C26H35N3O5. The van der Waals surface area contributed by atoms with Gasteiger partial charge in [-0.15, -0.1) is 0 Å². The van der Waals surface area contributed by atoms with Crippen molar-refractivity contribution in [1.29, 1.82) is 0 Å². The van der Waals surface area contributed by atoms with Gasteiger partial charge in [-0.05, 0) is 50.7 Å². The molecular weight excluding hydrogens is 434 g/mol. The predicted octanol–water partition coefficient (Wildman–Crippen LogP) is 2.22. The van der Waals surface area contributed by atoms with Gasteiger partial charge in [0.15, 0.2) is 0 Å². The quantitative estimate of drug-likeness (QED) is 0.506. The fourth-order valence-electron chi connectivity index (χ4n) is 6.66. The number of nitrogens with one attached hydrogen (secondary N) is 2. The van der Waals surface area contributed by atoms with Crippen LogP contribution in [0.2, 0.25) is 0 Å². The molecule has 3 aliphatic heterocycles. The number of aliphatic hydroxyl groups excluding tert-OH is 1. The molecule has 2 bridgehead atoms. The number of para-hydroxylation sites is 1. The van der Waals surface area contributed by atoms with Crippen molar-refractivity contribution in [3.63, 3.8) is 0 Å². The van der Waals surface area contributed by atoms with Gasteiger partial charge in [-0.2, -0.15) is 0 Å². The summed E-state index contributed by atoms with van der Waals surface area (Å²) in [5.41, 5.74) is -0.278. The average Bonchev–Trinajstić information content (AvgIpc) is 3.48. The summed E-state index contributed by atoms with van der Waals surface area (Å²) in [6.07, 6.45) is 7.36. The van der Waals surface area contributed by atoms with E-state index in [1.807, 2.05) is 30.3 Å². The van der Waals surface area contributed by atoms with Crippen LogP contribution in [-0.2, 0) is 19.1 Å². The lowest BCUT2D eigenvalue weighted by molar-refractivity contribution is -0.142. The number of benzene rings is 1. The van der Waals surface area contributed by atoms with E-state index in [0.717, 1.165) is 25.7 Å². The summed E-state index contributed by atoms with van der Waals surface area (Å²) >= 11 is 0. The van der Waals surface area contributed by atoms with E-state index in [0.29, 0.717) is 37.9 Å². The summed E-state index contributed by atoms with van der Waals surface area (Å²) in [6.45, 7) is 0.414. The van der Waals surface area contributed by atoms with Gasteiger partial charge in [0.05, 0.1) is 17.9 Å². The Morgan fingerprint density at radius 3 is 2.56 bits per heavy atom. The number of hydrogen-bond donors (Lipinski definition) is 3. The number of hydrogen-bond acceptors (Lipinski definition) is 5. The summed E-state index contributed by atoms with van der Waals surface area (Å²) in [4.78, 5) is 42.4. The molecule has 8 nitrogen and oxygen atoms in total. The van der Waals surface area contributed by atoms with Crippen molar-refractivity contribution >= 4 is 23.4 Å². The number of carbonyl (C=O) groups excluding carboxylic acids is 3. The van der Waals surface area contributed by atoms with Crippen molar-refractivity contribution in [2.45, 2.75) is 81.6 Å². The lowest BCUT2D eigenvalue weighted by atomic mass is 9.70. The normalized spacial score (nSPS) is 32.6. The van der Waals surface area contributed by atoms with Gasteiger partial charge < -0.3 is 25.4 Å². The molecule has 4 aliphatic rings. The molecule has 5 atom stereocenters. The number of fused-ring (bicyclic) bond motifs is 1. The Morgan fingerprint density at radius 1 is 1.06 bits per heavy atom. The van der Waals surface area contributed by atoms with Gasteiger partial charge in [0, 0.05) is 24.9 Å². The van der Waals surface area contributed by atoms with Crippen LogP contribution in [0.1, 0.15) is 57.8 Å². The highest BCUT2D eigenvalue weighted by Crippen LogP contribution is 2.58. The van der Waals surface area contributed by atoms with Gasteiger partial charge in [-0.1, -0.05) is 37.5 Å². The first-order valence-corrected chi connectivity index (χ1v) is 12.8. The zero-order valence-electron chi connectivity index (χ0n) is 19.6.